The normalized spacial score (nSPS) is 12.6. The third-order valence-electron chi connectivity index (χ3n) is 2.40. The first-order valence-electron chi connectivity index (χ1n) is 5.49. The molecule has 90 valence electrons. The number of hydrogen-bond acceptors (Lipinski definition) is 4. The van der Waals surface area contributed by atoms with Crippen molar-refractivity contribution in [3.8, 4) is 0 Å². The van der Waals surface area contributed by atoms with Crippen molar-refractivity contribution in [2.24, 2.45) is 0 Å². The van der Waals surface area contributed by atoms with Crippen LogP contribution in [0.5, 0.6) is 0 Å². The zero-order chi connectivity index (χ0) is 12.3. The van der Waals surface area contributed by atoms with Crippen LogP contribution in [0.1, 0.15) is 13.8 Å². The molecule has 0 aliphatic carbocycles. The van der Waals surface area contributed by atoms with E-state index < -0.39 is 6.10 Å². The number of hydrogen-bond donors (Lipinski definition) is 1. The lowest BCUT2D eigenvalue weighted by Crippen LogP contribution is -2.27. The molecule has 0 saturated heterocycles. The quantitative estimate of drug-likeness (QED) is 0.880. The van der Waals surface area contributed by atoms with Gasteiger partial charge in [-0.2, -0.15) is 0 Å². The highest BCUT2D eigenvalue weighted by Gasteiger charge is 2.16. The molecule has 0 unspecified atom stereocenters. The predicted molar refractivity (Wildman–Crippen MR) is 63.7 cm³/mol. The monoisotopic (exact) mass is 234 g/mol. The lowest BCUT2D eigenvalue weighted by molar-refractivity contribution is -0.126. The van der Waals surface area contributed by atoms with Gasteiger partial charge in [0.1, 0.15) is 6.10 Å². The maximum absolute atomic E-state index is 11.7. The Morgan fingerprint density at radius 2 is 2.29 bits per heavy atom. The largest absolute Gasteiger partial charge is 0.369 e. The van der Waals surface area contributed by atoms with Crippen LogP contribution in [0.3, 0.4) is 0 Å². The molecular weight excluding hydrogens is 220 g/mol. The number of nitrogens with one attached hydrogen (secondary N) is 1. The summed E-state index contributed by atoms with van der Waals surface area (Å²) in [5.41, 5.74) is 0.645. The smallest absolute Gasteiger partial charge is 0.254 e. The molecule has 0 bridgehead atoms. The van der Waals surface area contributed by atoms with E-state index in [0.29, 0.717) is 18.0 Å². The second kappa shape index (κ2) is 4.97. The van der Waals surface area contributed by atoms with Crippen molar-refractivity contribution in [1.82, 2.24) is 5.16 Å². The standard InChI is InChI=1S/C12H14N2O3/c1-3-16-8(2)12(15)13-11-9-6-4-5-7-10(9)17-14-11/h4-8H,3H2,1-2H3,(H,13,14,15)/t8-/m0/s1. The first-order valence-corrected chi connectivity index (χ1v) is 5.49. The van der Waals surface area contributed by atoms with E-state index in [0.717, 1.165) is 5.39 Å². The summed E-state index contributed by atoms with van der Waals surface area (Å²) in [4.78, 5) is 11.7. The molecule has 0 fully saturated rings. The fourth-order valence-corrected chi connectivity index (χ4v) is 1.52. The maximum atomic E-state index is 11.7. The van der Waals surface area contributed by atoms with Crippen LogP contribution in [0.15, 0.2) is 28.8 Å². The van der Waals surface area contributed by atoms with Crippen LogP contribution in [0, 0.1) is 0 Å². The summed E-state index contributed by atoms with van der Waals surface area (Å²) in [6.45, 7) is 4.03. The molecule has 1 amide bonds. The van der Waals surface area contributed by atoms with Crippen molar-refractivity contribution in [3.05, 3.63) is 24.3 Å². The van der Waals surface area contributed by atoms with Crippen molar-refractivity contribution in [1.29, 1.82) is 0 Å². The predicted octanol–water partition coefficient (Wildman–Crippen LogP) is 2.19. The minimum absolute atomic E-state index is 0.231. The van der Waals surface area contributed by atoms with Gasteiger partial charge in [-0.1, -0.05) is 17.3 Å². The van der Waals surface area contributed by atoms with Crippen molar-refractivity contribution >= 4 is 22.7 Å². The van der Waals surface area contributed by atoms with Gasteiger partial charge in [-0.25, -0.2) is 0 Å². The topological polar surface area (TPSA) is 64.4 Å². The van der Waals surface area contributed by atoms with Gasteiger partial charge in [0, 0.05) is 6.61 Å². The number of rotatable bonds is 4. The zero-order valence-electron chi connectivity index (χ0n) is 9.77. The summed E-state index contributed by atoms with van der Waals surface area (Å²) < 4.78 is 10.3. The average Bonchev–Trinajstić information content (AvgIpc) is 2.73. The van der Waals surface area contributed by atoms with Gasteiger partial charge in [-0.05, 0) is 26.0 Å². The average molecular weight is 234 g/mol. The van der Waals surface area contributed by atoms with Crippen LogP contribution in [0.25, 0.3) is 11.0 Å². The lowest BCUT2D eigenvalue weighted by Gasteiger charge is -2.10. The Bertz CT molecular complexity index is 521. The molecule has 0 aliphatic rings. The summed E-state index contributed by atoms with van der Waals surface area (Å²) in [5, 5.41) is 7.28. The third kappa shape index (κ3) is 2.45. The minimum atomic E-state index is -0.504. The van der Waals surface area contributed by atoms with Crippen LogP contribution in [-0.4, -0.2) is 23.8 Å². The molecule has 1 aromatic heterocycles. The maximum Gasteiger partial charge on any atom is 0.254 e. The number of nitrogens with zero attached hydrogens (tertiary/aromatic N) is 1. The number of para-hydroxylation sites is 1. The van der Waals surface area contributed by atoms with Gasteiger partial charge in [0.05, 0.1) is 5.39 Å². The number of amides is 1. The van der Waals surface area contributed by atoms with Crippen molar-refractivity contribution in [2.75, 3.05) is 11.9 Å². The van der Waals surface area contributed by atoms with Gasteiger partial charge in [-0.15, -0.1) is 0 Å². The Labute approximate surface area is 98.7 Å². The molecule has 2 rings (SSSR count). The highest BCUT2D eigenvalue weighted by molar-refractivity contribution is 6.00. The van der Waals surface area contributed by atoms with Gasteiger partial charge in [-0.3, -0.25) is 4.79 Å². The first-order chi connectivity index (χ1) is 8.22. The summed E-state index contributed by atoms with van der Waals surface area (Å²) in [6.07, 6.45) is -0.504. The van der Waals surface area contributed by atoms with Crippen molar-refractivity contribution in [2.45, 2.75) is 20.0 Å². The molecule has 1 N–H and O–H groups in total. The number of anilines is 1. The lowest BCUT2D eigenvalue weighted by atomic mass is 10.2. The molecule has 1 atom stereocenters. The fraction of sp³-hybridized carbons (Fsp3) is 0.333. The number of carbonyl (C=O) groups is 1. The van der Waals surface area contributed by atoms with Gasteiger partial charge < -0.3 is 14.6 Å². The third-order valence-corrected chi connectivity index (χ3v) is 2.40. The van der Waals surface area contributed by atoms with E-state index in [1.165, 1.54) is 0 Å². The highest BCUT2D eigenvalue weighted by Crippen LogP contribution is 2.22. The zero-order valence-corrected chi connectivity index (χ0v) is 9.77. The molecule has 0 saturated carbocycles. The fourth-order valence-electron chi connectivity index (χ4n) is 1.52. The first kappa shape index (κ1) is 11.6. The molecule has 17 heavy (non-hydrogen) atoms. The van der Waals surface area contributed by atoms with E-state index in [1.54, 1.807) is 13.0 Å². The molecule has 5 nitrogen and oxygen atoms in total. The summed E-state index contributed by atoms with van der Waals surface area (Å²) in [5.74, 6) is 0.197. The second-order valence-corrected chi connectivity index (χ2v) is 3.61. The Morgan fingerprint density at radius 1 is 1.53 bits per heavy atom. The van der Waals surface area contributed by atoms with E-state index >= 15 is 0 Å². The Hall–Kier alpha value is -1.88. The molecule has 5 heteroatoms. The Balaban J connectivity index is 2.16. The van der Waals surface area contributed by atoms with Gasteiger partial charge >= 0.3 is 0 Å². The molecule has 0 aliphatic heterocycles. The molecule has 1 aromatic carbocycles. The van der Waals surface area contributed by atoms with Crippen LogP contribution in [0.4, 0.5) is 5.82 Å². The summed E-state index contributed by atoms with van der Waals surface area (Å²) in [6, 6.07) is 7.35. The minimum Gasteiger partial charge on any atom is -0.369 e. The number of benzene rings is 1. The van der Waals surface area contributed by atoms with E-state index in [1.807, 2.05) is 25.1 Å². The molecule has 1 heterocycles. The Morgan fingerprint density at radius 3 is 3.06 bits per heavy atom. The summed E-state index contributed by atoms with van der Waals surface area (Å²) >= 11 is 0. The summed E-state index contributed by atoms with van der Waals surface area (Å²) in [7, 11) is 0. The molecular formula is C12H14N2O3. The van der Waals surface area contributed by atoms with Crippen LogP contribution in [-0.2, 0) is 9.53 Å². The SMILES string of the molecule is CCO[C@@H](C)C(=O)Nc1noc2ccccc12. The van der Waals surface area contributed by atoms with Gasteiger partial charge in [0.15, 0.2) is 11.4 Å². The van der Waals surface area contributed by atoms with E-state index in [4.69, 9.17) is 9.26 Å². The van der Waals surface area contributed by atoms with Crippen LogP contribution < -0.4 is 5.32 Å². The molecule has 0 radical (unpaired) electrons. The van der Waals surface area contributed by atoms with Crippen molar-refractivity contribution in [3.63, 3.8) is 0 Å². The highest BCUT2D eigenvalue weighted by atomic mass is 16.5. The number of fused-ring (bicyclic) bond motifs is 1. The molecule has 0 spiro atoms. The van der Waals surface area contributed by atoms with E-state index in [9.17, 15) is 4.79 Å². The van der Waals surface area contributed by atoms with Crippen LogP contribution >= 0.6 is 0 Å². The van der Waals surface area contributed by atoms with E-state index in [-0.39, 0.29) is 5.91 Å². The number of ether oxygens (including phenoxy) is 1. The second-order valence-electron chi connectivity index (χ2n) is 3.61. The Kier molecular flexibility index (Phi) is 3.39. The van der Waals surface area contributed by atoms with E-state index in [2.05, 4.69) is 10.5 Å². The molecule has 2 aromatic rings. The van der Waals surface area contributed by atoms with Crippen molar-refractivity contribution < 1.29 is 14.1 Å². The van der Waals surface area contributed by atoms with Gasteiger partial charge in [0.25, 0.3) is 5.91 Å². The number of carbonyl (C=O) groups excluding carboxylic acids is 1. The number of aromatic nitrogens is 1. The van der Waals surface area contributed by atoms with Crippen LogP contribution in [0.2, 0.25) is 0 Å². The van der Waals surface area contributed by atoms with Gasteiger partial charge in [0.2, 0.25) is 0 Å².